The number of aromatic nitrogens is 1. The van der Waals surface area contributed by atoms with Crippen molar-refractivity contribution < 1.29 is 19.4 Å². The molecule has 0 amide bonds. The Kier molecular flexibility index (Phi) is 4.55. The number of nitrogens with zero attached hydrogens (tertiary/aromatic N) is 1. The van der Waals surface area contributed by atoms with E-state index in [0.29, 0.717) is 17.2 Å². The molecule has 104 valence electrons. The maximum absolute atomic E-state index is 11.3. The molecule has 0 bridgehead atoms. The summed E-state index contributed by atoms with van der Waals surface area (Å²) in [6, 6.07) is 12.2. The highest BCUT2D eigenvalue weighted by Gasteiger charge is 2.22. The van der Waals surface area contributed by atoms with E-state index in [9.17, 15) is 9.90 Å². The molecular formula is C15H15NO4. The average Bonchev–Trinajstić information content (AvgIpc) is 2.48. The SMILES string of the molecule is COc1cccc(OCC(C(=O)O)c2ccccn2)c1. The molecule has 0 aliphatic heterocycles. The van der Waals surface area contributed by atoms with E-state index < -0.39 is 11.9 Å². The average molecular weight is 273 g/mol. The summed E-state index contributed by atoms with van der Waals surface area (Å²) in [5, 5.41) is 9.26. The third-order valence-corrected chi connectivity index (χ3v) is 2.80. The highest BCUT2D eigenvalue weighted by molar-refractivity contribution is 5.75. The van der Waals surface area contributed by atoms with E-state index in [1.54, 1.807) is 55.8 Å². The summed E-state index contributed by atoms with van der Waals surface area (Å²) in [6.45, 7) is 0.0134. The fourth-order valence-corrected chi connectivity index (χ4v) is 1.74. The lowest BCUT2D eigenvalue weighted by molar-refractivity contribution is -0.139. The Morgan fingerprint density at radius 3 is 2.70 bits per heavy atom. The quantitative estimate of drug-likeness (QED) is 0.874. The maximum Gasteiger partial charge on any atom is 0.316 e. The predicted molar refractivity (Wildman–Crippen MR) is 73.1 cm³/mol. The normalized spacial score (nSPS) is 11.7. The Balaban J connectivity index is 2.08. The fourth-order valence-electron chi connectivity index (χ4n) is 1.74. The van der Waals surface area contributed by atoms with Crippen LogP contribution in [0.4, 0.5) is 0 Å². The molecular weight excluding hydrogens is 258 g/mol. The van der Waals surface area contributed by atoms with Crippen LogP contribution in [-0.4, -0.2) is 29.8 Å². The van der Waals surface area contributed by atoms with E-state index in [4.69, 9.17) is 9.47 Å². The highest BCUT2D eigenvalue weighted by Crippen LogP contribution is 2.21. The molecule has 2 aromatic rings. The van der Waals surface area contributed by atoms with Crippen LogP contribution >= 0.6 is 0 Å². The number of carboxylic acids is 1. The van der Waals surface area contributed by atoms with Crippen LogP contribution in [0.5, 0.6) is 11.5 Å². The first-order valence-corrected chi connectivity index (χ1v) is 6.11. The molecule has 1 aromatic carbocycles. The maximum atomic E-state index is 11.3. The lowest BCUT2D eigenvalue weighted by atomic mass is 10.1. The van der Waals surface area contributed by atoms with E-state index in [-0.39, 0.29) is 6.61 Å². The van der Waals surface area contributed by atoms with Gasteiger partial charge in [-0.2, -0.15) is 0 Å². The lowest BCUT2D eigenvalue weighted by Crippen LogP contribution is -2.20. The number of methoxy groups -OCH3 is 1. The molecule has 0 radical (unpaired) electrons. The van der Waals surface area contributed by atoms with Gasteiger partial charge in [0, 0.05) is 12.3 Å². The molecule has 0 spiro atoms. The Morgan fingerprint density at radius 1 is 1.25 bits per heavy atom. The summed E-state index contributed by atoms with van der Waals surface area (Å²) in [7, 11) is 1.56. The first-order valence-electron chi connectivity index (χ1n) is 6.11. The van der Waals surface area contributed by atoms with Gasteiger partial charge in [-0.3, -0.25) is 9.78 Å². The number of benzene rings is 1. The van der Waals surface area contributed by atoms with E-state index in [0.717, 1.165) is 0 Å². The smallest absolute Gasteiger partial charge is 0.316 e. The first-order chi connectivity index (χ1) is 9.70. The third-order valence-electron chi connectivity index (χ3n) is 2.80. The van der Waals surface area contributed by atoms with Gasteiger partial charge in [0.2, 0.25) is 0 Å². The van der Waals surface area contributed by atoms with Gasteiger partial charge in [0.1, 0.15) is 24.0 Å². The van der Waals surface area contributed by atoms with Crippen molar-refractivity contribution >= 4 is 5.97 Å². The Hall–Kier alpha value is -2.56. The van der Waals surface area contributed by atoms with Gasteiger partial charge in [-0.15, -0.1) is 0 Å². The second-order valence-corrected chi connectivity index (χ2v) is 4.14. The number of hydrogen-bond acceptors (Lipinski definition) is 4. The topological polar surface area (TPSA) is 68.7 Å². The van der Waals surface area contributed by atoms with Crippen LogP contribution in [0.3, 0.4) is 0 Å². The van der Waals surface area contributed by atoms with Crippen LogP contribution in [-0.2, 0) is 4.79 Å². The summed E-state index contributed by atoms with van der Waals surface area (Å²) in [5.41, 5.74) is 0.475. The number of ether oxygens (including phenoxy) is 2. The van der Waals surface area contributed by atoms with Gasteiger partial charge in [0.05, 0.1) is 12.8 Å². The van der Waals surface area contributed by atoms with Crippen LogP contribution in [0, 0.1) is 0 Å². The van der Waals surface area contributed by atoms with Crippen molar-refractivity contribution in [3.63, 3.8) is 0 Å². The molecule has 5 heteroatoms. The van der Waals surface area contributed by atoms with E-state index in [1.807, 2.05) is 0 Å². The second-order valence-electron chi connectivity index (χ2n) is 4.14. The molecule has 2 rings (SSSR count). The van der Waals surface area contributed by atoms with Crippen LogP contribution in [0.1, 0.15) is 11.6 Å². The van der Waals surface area contributed by atoms with Gasteiger partial charge < -0.3 is 14.6 Å². The van der Waals surface area contributed by atoms with E-state index in [2.05, 4.69) is 4.98 Å². The number of pyridine rings is 1. The minimum atomic E-state index is -0.966. The van der Waals surface area contributed by atoms with Crippen molar-refractivity contribution in [1.29, 1.82) is 0 Å². The summed E-state index contributed by atoms with van der Waals surface area (Å²) in [5.74, 6) is -0.548. The molecule has 20 heavy (non-hydrogen) atoms. The number of hydrogen-bond donors (Lipinski definition) is 1. The summed E-state index contributed by atoms with van der Waals surface area (Å²) in [4.78, 5) is 15.4. The lowest BCUT2D eigenvalue weighted by Gasteiger charge is -2.13. The molecule has 1 N–H and O–H groups in total. The molecule has 0 saturated heterocycles. The molecule has 1 heterocycles. The number of aliphatic carboxylic acids is 1. The largest absolute Gasteiger partial charge is 0.497 e. The Bertz CT molecular complexity index is 571. The minimum Gasteiger partial charge on any atom is -0.497 e. The van der Waals surface area contributed by atoms with Crippen LogP contribution in [0.15, 0.2) is 48.7 Å². The predicted octanol–water partition coefficient (Wildman–Crippen LogP) is 2.34. The van der Waals surface area contributed by atoms with Gasteiger partial charge in [0.15, 0.2) is 0 Å². The number of carboxylic acid groups (broad SMARTS) is 1. The van der Waals surface area contributed by atoms with Crippen LogP contribution < -0.4 is 9.47 Å². The monoisotopic (exact) mass is 273 g/mol. The van der Waals surface area contributed by atoms with E-state index >= 15 is 0 Å². The fraction of sp³-hybridized carbons (Fsp3) is 0.200. The van der Waals surface area contributed by atoms with Gasteiger partial charge >= 0.3 is 5.97 Å². The van der Waals surface area contributed by atoms with Gasteiger partial charge in [-0.05, 0) is 24.3 Å². The van der Waals surface area contributed by atoms with Crippen LogP contribution in [0.2, 0.25) is 0 Å². The van der Waals surface area contributed by atoms with Gasteiger partial charge in [-0.25, -0.2) is 0 Å². The molecule has 0 fully saturated rings. The standard InChI is InChI=1S/C15H15NO4/c1-19-11-5-4-6-12(9-11)20-10-13(15(17)18)14-7-2-3-8-16-14/h2-9,13H,10H2,1H3,(H,17,18). The summed E-state index contributed by atoms with van der Waals surface area (Å²) < 4.78 is 10.6. The zero-order valence-corrected chi connectivity index (χ0v) is 11.0. The molecule has 0 aliphatic carbocycles. The Morgan fingerprint density at radius 2 is 2.05 bits per heavy atom. The molecule has 1 aromatic heterocycles. The molecule has 1 unspecified atom stereocenters. The Labute approximate surface area is 116 Å². The zero-order chi connectivity index (χ0) is 14.4. The van der Waals surface area contributed by atoms with E-state index in [1.165, 1.54) is 0 Å². The van der Waals surface area contributed by atoms with Crippen molar-refractivity contribution in [2.75, 3.05) is 13.7 Å². The molecule has 0 aliphatic rings. The molecule has 5 nitrogen and oxygen atoms in total. The second kappa shape index (κ2) is 6.56. The third kappa shape index (κ3) is 3.47. The number of carbonyl (C=O) groups is 1. The minimum absolute atomic E-state index is 0.0134. The first kappa shape index (κ1) is 13.9. The highest BCUT2D eigenvalue weighted by atomic mass is 16.5. The molecule has 0 saturated carbocycles. The van der Waals surface area contributed by atoms with Gasteiger partial charge in [0.25, 0.3) is 0 Å². The summed E-state index contributed by atoms with van der Waals surface area (Å²) in [6.07, 6.45) is 1.57. The van der Waals surface area contributed by atoms with Crippen molar-refractivity contribution in [1.82, 2.24) is 4.98 Å². The molecule has 1 atom stereocenters. The zero-order valence-electron chi connectivity index (χ0n) is 11.0. The van der Waals surface area contributed by atoms with Crippen molar-refractivity contribution in [2.24, 2.45) is 0 Å². The van der Waals surface area contributed by atoms with Gasteiger partial charge in [-0.1, -0.05) is 12.1 Å². The number of rotatable bonds is 6. The summed E-state index contributed by atoms with van der Waals surface area (Å²) >= 11 is 0. The van der Waals surface area contributed by atoms with Crippen LogP contribution in [0.25, 0.3) is 0 Å². The van der Waals surface area contributed by atoms with Crippen molar-refractivity contribution in [2.45, 2.75) is 5.92 Å². The van der Waals surface area contributed by atoms with Crippen molar-refractivity contribution in [3.05, 3.63) is 54.4 Å². The van der Waals surface area contributed by atoms with Crippen molar-refractivity contribution in [3.8, 4) is 11.5 Å².